The van der Waals surface area contributed by atoms with Gasteiger partial charge >= 0.3 is 0 Å². The van der Waals surface area contributed by atoms with Gasteiger partial charge in [-0.05, 0) is 37.1 Å². The molecule has 1 aliphatic heterocycles. The highest BCUT2D eigenvalue weighted by Gasteiger charge is 2.19. The summed E-state index contributed by atoms with van der Waals surface area (Å²) in [5, 5.41) is 3.02. The van der Waals surface area contributed by atoms with Crippen molar-refractivity contribution >= 4 is 11.6 Å². The summed E-state index contributed by atoms with van der Waals surface area (Å²) >= 11 is 0. The summed E-state index contributed by atoms with van der Waals surface area (Å²) in [5.41, 5.74) is 4.95. The lowest BCUT2D eigenvalue weighted by atomic mass is 10.1. The van der Waals surface area contributed by atoms with Gasteiger partial charge in [-0.1, -0.05) is 42.0 Å². The maximum atomic E-state index is 12.2. The molecular formula is C21H27N3O. The molecule has 4 heteroatoms. The van der Waals surface area contributed by atoms with Crippen LogP contribution in [0.1, 0.15) is 16.7 Å². The molecule has 0 radical (unpaired) electrons. The monoisotopic (exact) mass is 337 g/mol. The fraction of sp³-hybridized carbons (Fsp3) is 0.381. The molecule has 0 aromatic heterocycles. The lowest BCUT2D eigenvalue weighted by Crippen LogP contribution is -2.49. The Morgan fingerprint density at radius 1 is 0.960 bits per heavy atom. The van der Waals surface area contributed by atoms with Crippen LogP contribution in [-0.4, -0.2) is 43.5 Å². The smallest absolute Gasteiger partial charge is 0.234 e. The van der Waals surface area contributed by atoms with Crippen LogP contribution in [0.4, 0.5) is 5.69 Å². The van der Waals surface area contributed by atoms with E-state index in [2.05, 4.69) is 77.5 Å². The Hall–Kier alpha value is -2.33. The van der Waals surface area contributed by atoms with Gasteiger partial charge in [0, 0.05) is 38.4 Å². The summed E-state index contributed by atoms with van der Waals surface area (Å²) < 4.78 is 0. The molecule has 25 heavy (non-hydrogen) atoms. The van der Waals surface area contributed by atoms with Crippen molar-refractivity contribution in [3.05, 3.63) is 65.2 Å². The van der Waals surface area contributed by atoms with Crippen LogP contribution in [0.3, 0.4) is 0 Å². The van der Waals surface area contributed by atoms with E-state index in [0.717, 1.165) is 31.7 Å². The predicted octanol–water partition coefficient (Wildman–Crippen LogP) is 2.74. The van der Waals surface area contributed by atoms with Crippen molar-refractivity contribution in [2.75, 3.05) is 37.6 Å². The minimum Gasteiger partial charge on any atom is -0.369 e. The average molecular weight is 337 g/mol. The van der Waals surface area contributed by atoms with Gasteiger partial charge in [0.1, 0.15) is 0 Å². The van der Waals surface area contributed by atoms with E-state index in [1.165, 1.54) is 16.8 Å². The number of amides is 1. The first kappa shape index (κ1) is 17.5. The van der Waals surface area contributed by atoms with Crippen molar-refractivity contribution in [1.82, 2.24) is 10.2 Å². The fourth-order valence-corrected chi connectivity index (χ4v) is 3.15. The van der Waals surface area contributed by atoms with Crippen LogP contribution >= 0.6 is 0 Å². The Kier molecular flexibility index (Phi) is 5.71. The van der Waals surface area contributed by atoms with E-state index in [4.69, 9.17) is 0 Å². The van der Waals surface area contributed by atoms with Crippen LogP contribution in [0.25, 0.3) is 0 Å². The SMILES string of the molecule is Cc1ccc(CNC(=O)CN2CCN(c3cccc(C)c3)CC2)cc1. The van der Waals surface area contributed by atoms with Gasteiger partial charge < -0.3 is 10.2 Å². The van der Waals surface area contributed by atoms with Gasteiger partial charge in [-0.3, -0.25) is 9.69 Å². The Balaban J connectivity index is 1.42. The number of hydrogen-bond donors (Lipinski definition) is 1. The maximum Gasteiger partial charge on any atom is 0.234 e. The van der Waals surface area contributed by atoms with Crippen LogP contribution < -0.4 is 10.2 Å². The Morgan fingerprint density at radius 2 is 1.68 bits per heavy atom. The molecule has 2 aromatic rings. The molecule has 0 bridgehead atoms. The zero-order valence-corrected chi connectivity index (χ0v) is 15.2. The van der Waals surface area contributed by atoms with Gasteiger partial charge in [0.05, 0.1) is 6.54 Å². The minimum atomic E-state index is 0.101. The van der Waals surface area contributed by atoms with E-state index in [-0.39, 0.29) is 5.91 Å². The van der Waals surface area contributed by atoms with Crippen LogP contribution in [-0.2, 0) is 11.3 Å². The third-order valence-electron chi connectivity index (χ3n) is 4.72. The molecule has 1 saturated heterocycles. The van der Waals surface area contributed by atoms with Gasteiger partial charge in [0.15, 0.2) is 0 Å². The summed E-state index contributed by atoms with van der Waals surface area (Å²) in [6, 6.07) is 16.9. The van der Waals surface area contributed by atoms with Crippen LogP contribution in [0.5, 0.6) is 0 Å². The summed E-state index contributed by atoms with van der Waals surface area (Å²) in [6.45, 7) is 9.05. The van der Waals surface area contributed by atoms with Crippen LogP contribution in [0.2, 0.25) is 0 Å². The third-order valence-corrected chi connectivity index (χ3v) is 4.72. The van der Waals surface area contributed by atoms with Crippen molar-refractivity contribution in [3.63, 3.8) is 0 Å². The molecular weight excluding hydrogens is 310 g/mol. The zero-order valence-electron chi connectivity index (χ0n) is 15.2. The number of rotatable bonds is 5. The largest absolute Gasteiger partial charge is 0.369 e. The molecule has 1 amide bonds. The molecule has 1 aliphatic rings. The molecule has 1 N–H and O–H groups in total. The zero-order chi connectivity index (χ0) is 17.6. The number of benzene rings is 2. The highest BCUT2D eigenvalue weighted by atomic mass is 16.2. The number of nitrogens with one attached hydrogen (secondary N) is 1. The Labute approximate surface area is 150 Å². The highest BCUT2D eigenvalue weighted by Crippen LogP contribution is 2.17. The lowest BCUT2D eigenvalue weighted by Gasteiger charge is -2.35. The van der Waals surface area contributed by atoms with Gasteiger partial charge in [0.2, 0.25) is 5.91 Å². The second-order valence-electron chi connectivity index (χ2n) is 6.86. The number of nitrogens with zero attached hydrogens (tertiary/aromatic N) is 2. The van der Waals surface area contributed by atoms with Crippen molar-refractivity contribution in [2.24, 2.45) is 0 Å². The van der Waals surface area contributed by atoms with Crippen LogP contribution in [0, 0.1) is 13.8 Å². The molecule has 1 heterocycles. The molecule has 2 aromatic carbocycles. The number of aryl methyl sites for hydroxylation is 2. The Bertz CT molecular complexity index is 703. The van der Waals surface area contributed by atoms with Gasteiger partial charge in [-0.25, -0.2) is 0 Å². The fourth-order valence-electron chi connectivity index (χ4n) is 3.15. The second-order valence-corrected chi connectivity index (χ2v) is 6.86. The lowest BCUT2D eigenvalue weighted by molar-refractivity contribution is -0.122. The molecule has 0 aliphatic carbocycles. The van der Waals surface area contributed by atoms with E-state index in [1.807, 2.05) is 0 Å². The van der Waals surface area contributed by atoms with Gasteiger partial charge in [-0.15, -0.1) is 0 Å². The summed E-state index contributed by atoms with van der Waals surface area (Å²) in [4.78, 5) is 16.8. The third kappa shape index (κ3) is 5.07. The maximum absolute atomic E-state index is 12.2. The van der Waals surface area contributed by atoms with Crippen LogP contribution in [0.15, 0.2) is 48.5 Å². The van der Waals surface area contributed by atoms with Gasteiger partial charge in [0.25, 0.3) is 0 Å². The molecule has 0 atom stereocenters. The topological polar surface area (TPSA) is 35.6 Å². The molecule has 132 valence electrons. The first-order valence-corrected chi connectivity index (χ1v) is 8.96. The molecule has 4 nitrogen and oxygen atoms in total. The summed E-state index contributed by atoms with van der Waals surface area (Å²) in [5.74, 6) is 0.101. The molecule has 0 saturated carbocycles. The summed E-state index contributed by atoms with van der Waals surface area (Å²) in [7, 11) is 0. The number of carbonyl (C=O) groups excluding carboxylic acids is 1. The van der Waals surface area contributed by atoms with E-state index < -0.39 is 0 Å². The number of carbonyl (C=O) groups is 1. The molecule has 0 spiro atoms. The van der Waals surface area contributed by atoms with Gasteiger partial charge in [-0.2, -0.15) is 0 Å². The van der Waals surface area contributed by atoms with E-state index in [1.54, 1.807) is 0 Å². The highest BCUT2D eigenvalue weighted by molar-refractivity contribution is 5.78. The normalized spacial score (nSPS) is 15.2. The van der Waals surface area contributed by atoms with Crippen molar-refractivity contribution < 1.29 is 4.79 Å². The standard InChI is InChI=1S/C21H27N3O/c1-17-6-8-19(9-7-17)15-22-21(25)16-23-10-12-24(13-11-23)20-5-3-4-18(2)14-20/h3-9,14H,10-13,15-16H2,1-2H3,(H,22,25). The number of piperazine rings is 1. The number of hydrogen-bond acceptors (Lipinski definition) is 3. The minimum absolute atomic E-state index is 0.101. The molecule has 3 rings (SSSR count). The first-order valence-electron chi connectivity index (χ1n) is 8.96. The molecule has 0 unspecified atom stereocenters. The first-order chi connectivity index (χ1) is 12.1. The summed E-state index contributed by atoms with van der Waals surface area (Å²) in [6.07, 6.45) is 0. The second kappa shape index (κ2) is 8.17. The Morgan fingerprint density at radius 3 is 2.36 bits per heavy atom. The quantitative estimate of drug-likeness (QED) is 0.911. The van der Waals surface area contributed by atoms with Crippen molar-refractivity contribution in [3.8, 4) is 0 Å². The average Bonchev–Trinajstić information content (AvgIpc) is 2.62. The van der Waals surface area contributed by atoms with E-state index in [9.17, 15) is 4.79 Å². The predicted molar refractivity (Wildman–Crippen MR) is 103 cm³/mol. The number of anilines is 1. The molecule has 1 fully saturated rings. The van der Waals surface area contributed by atoms with Crippen molar-refractivity contribution in [1.29, 1.82) is 0 Å². The van der Waals surface area contributed by atoms with E-state index >= 15 is 0 Å². The van der Waals surface area contributed by atoms with Crippen molar-refractivity contribution in [2.45, 2.75) is 20.4 Å². The van der Waals surface area contributed by atoms with E-state index in [0.29, 0.717) is 13.1 Å².